The first kappa shape index (κ1) is 7.34. The molecule has 1 aliphatic heterocycles. The summed E-state index contributed by atoms with van der Waals surface area (Å²) in [7, 11) is 0. The molecule has 0 aromatic carbocycles. The quantitative estimate of drug-likeness (QED) is 0.481. The van der Waals surface area contributed by atoms with Gasteiger partial charge >= 0.3 is 0 Å². The van der Waals surface area contributed by atoms with Crippen molar-refractivity contribution in [2.24, 2.45) is 0 Å². The third kappa shape index (κ3) is 5.34. The molecule has 1 aliphatic rings. The lowest BCUT2D eigenvalue weighted by Crippen LogP contribution is -1.75. The van der Waals surface area contributed by atoms with Gasteiger partial charge in [-0.05, 0) is 0 Å². The first-order valence-electron chi connectivity index (χ1n) is 2.80. The van der Waals surface area contributed by atoms with Crippen molar-refractivity contribution in [3.8, 4) is 0 Å². The molecule has 48 valence electrons. The third-order valence-electron chi connectivity index (χ3n) is 0.384. The lowest BCUT2D eigenvalue weighted by Gasteiger charge is -1.82. The molecule has 1 heterocycles. The molecule has 0 atom stereocenters. The Kier molecular flexibility index (Phi) is 5.82. The predicted molar refractivity (Wildman–Crippen MR) is 32.1 cm³/mol. The van der Waals surface area contributed by atoms with E-state index in [9.17, 15) is 0 Å². The second-order valence-electron chi connectivity index (χ2n) is 1.43. The number of ether oxygens (including phenoxy) is 2. The van der Waals surface area contributed by atoms with E-state index in [4.69, 9.17) is 0 Å². The van der Waals surface area contributed by atoms with Gasteiger partial charge in [0.15, 0.2) is 0 Å². The SMILES string of the molecule is C1=COCO1.CCC. The molecule has 0 radical (unpaired) electrons. The molecule has 0 saturated carbocycles. The maximum absolute atomic E-state index is 4.54. The highest BCUT2D eigenvalue weighted by Gasteiger charge is 1.82. The summed E-state index contributed by atoms with van der Waals surface area (Å²) in [5, 5.41) is 0. The van der Waals surface area contributed by atoms with Crippen molar-refractivity contribution < 1.29 is 9.47 Å². The van der Waals surface area contributed by atoms with Crippen molar-refractivity contribution in [1.82, 2.24) is 0 Å². The first-order chi connectivity index (χ1) is 3.91. The van der Waals surface area contributed by atoms with Crippen LogP contribution in [-0.2, 0) is 9.47 Å². The maximum Gasteiger partial charge on any atom is 0.229 e. The zero-order valence-electron chi connectivity index (χ0n) is 5.39. The van der Waals surface area contributed by atoms with E-state index in [1.54, 1.807) is 0 Å². The summed E-state index contributed by atoms with van der Waals surface area (Å²) < 4.78 is 9.08. The second-order valence-corrected chi connectivity index (χ2v) is 1.43. The topological polar surface area (TPSA) is 18.5 Å². The van der Waals surface area contributed by atoms with Crippen molar-refractivity contribution in [2.45, 2.75) is 20.3 Å². The Morgan fingerprint density at radius 1 is 1.25 bits per heavy atom. The number of rotatable bonds is 0. The van der Waals surface area contributed by atoms with Crippen LogP contribution >= 0.6 is 0 Å². The summed E-state index contributed by atoms with van der Waals surface area (Å²) >= 11 is 0. The molecule has 0 aromatic rings. The van der Waals surface area contributed by atoms with Gasteiger partial charge in [0.05, 0.1) is 0 Å². The highest BCUT2D eigenvalue weighted by Crippen LogP contribution is 1.88. The average molecular weight is 116 g/mol. The molecule has 2 heteroatoms. The molecule has 0 aromatic heterocycles. The Bertz CT molecular complexity index is 53.5. The molecule has 1 rings (SSSR count). The van der Waals surface area contributed by atoms with Crippen molar-refractivity contribution in [1.29, 1.82) is 0 Å². The van der Waals surface area contributed by atoms with Crippen LogP contribution in [0.5, 0.6) is 0 Å². The lowest BCUT2D eigenvalue weighted by molar-refractivity contribution is 0.0920. The van der Waals surface area contributed by atoms with Crippen LogP contribution in [0.4, 0.5) is 0 Å². The minimum Gasteiger partial charge on any atom is -0.462 e. The average Bonchev–Trinajstić information content (AvgIpc) is 2.17. The van der Waals surface area contributed by atoms with Gasteiger partial charge in [0, 0.05) is 0 Å². The minimum absolute atomic E-state index is 0.389. The molecular formula is C6H12O2. The molecule has 0 N–H and O–H groups in total. The Labute approximate surface area is 50.1 Å². The van der Waals surface area contributed by atoms with Crippen molar-refractivity contribution in [3.63, 3.8) is 0 Å². The van der Waals surface area contributed by atoms with Crippen molar-refractivity contribution in [2.75, 3.05) is 6.79 Å². The van der Waals surface area contributed by atoms with Crippen LogP contribution in [0.25, 0.3) is 0 Å². The van der Waals surface area contributed by atoms with E-state index >= 15 is 0 Å². The standard InChI is InChI=1S/C3H4O2.C3H8/c1-2-5-3-4-1;1-3-2/h1-2H,3H2;3H2,1-2H3. The third-order valence-corrected chi connectivity index (χ3v) is 0.384. The van der Waals surface area contributed by atoms with Crippen molar-refractivity contribution >= 4 is 0 Å². The van der Waals surface area contributed by atoms with E-state index in [2.05, 4.69) is 23.3 Å². The zero-order chi connectivity index (χ0) is 6.24. The van der Waals surface area contributed by atoms with Crippen LogP contribution in [-0.4, -0.2) is 6.79 Å². The van der Waals surface area contributed by atoms with Gasteiger partial charge < -0.3 is 9.47 Å². The highest BCUT2D eigenvalue weighted by molar-refractivity contribution is 4.63. The van der Waals surface area contributed by atoms with Gasteiger partial charge in [-0.3, -0.25) is 0 Å². The van der Waals surface area contributed by atoms with Gasteiger partial charge in [0.2, 0.25) is 6.79 Å². The Balaban J connectivity index is 0.000000145. The zero-order valence-corrected chi connectivity index (χ0v) is 5.39. The van der Waals surface area contributed by atoms with Crippen LogP contribution in [0.3, 0.4) is 0 Å². The molecule has 2 nitrogen and oxygen atoms in total. The molecular weight excluding hydrogens is 104 g/mol. The fourth-order valence-electron chi connectivity index (χ4n) is 0.196. The predicted octanol–water partition coefficient (Wildman–Crippen LogP) is 1.88. The molecule has 0 aliphatic carbocycles. The number of hydrogen-bond donors (Lipinski definition) is 0. The second kappa shape index (κ2) is 6.34. The largest absolute Gasteiger partial charge is 0.462 e. The first-order valence-corrected chi connectivity index (χ1v) is 2.80. The normalized spacial score (nSPS) is 13.2. The van der Waals surface area contributed by atoms with E-state index in [0.29, 0.717) is 6.79 Å². The van der Waals surface area contributed by atoms with E-state index in [-0.39, 0.29) is 0 Å². The van der Waals surface area contributed by atoms with Gasteiger partial charge in [-0.25, -0.2) is 0 Å². The summed E-state index contributed by atoms with van der Waals surface area (Å²) in [5.74, 6) is 0. The monoisotopic (exact) mass is 116 g/mol. The van der Waals surface area contributed by atoms with Crippen LogP contribution < -0.4 is 0 Å². The molecule has 0 spiro atoms. The highest BCUT2D eigenvalue weighted by atomic mass is 16.7. The van der Waals surface area contributed by atoms with Gasteiger partial charge in [0.25, 0.3) is 0 Å². The van der Waals surface area contributed by atoms with Crippen LogP contribution in [0.1, 0.15) is 20.3 Å². The minimum atomic E-state index is 0.389. The smallest absolute Gasteiger partial charge is 0.229 e. The van der Waals surface area contributed by atoms with E-state index in [1.807, 2.05) is 0 Å². The Hall–Kier alpha value is -0.660. The summed E-state index contributed by atoms with van der Waals surface area (Å²) in [4.78, 5) is 0. The van der Waals surface area contributed by atoms with E-state index in [1.165, 1.54) is 18.9 Å². The Morgan fingerprint density at radius 3 is 1.75 bits per heavy atom. The summed E-state index contributed by atoms with van der Waals surface area (Å²) in [5.41, 5.74) is 0. The molecule has 0 bridgehead atoms. The molecule has 8 heavy (non-hydrogen) atoms. The summed E-state index contributed by atoms with van der Waals surface area (Å²) in [6.07, 6.45) is 4.28. The Morgan fingerprint density at radius 2 is 1.62 bits per heavy atom. The van der Waals surface area contributed by atoms with Gasteiger partial charge in [0.1, 0.15) is 12.5 Å². The maximum atomic E-state index is 4.54. The van der Waals surface area contributed by atoms with Crippen LogP contribution in [0.15, 0.2) is 12.5 Å². The molecule has 0 unspecified atom stereocenters. The van der Waals surface area contributed by atoms with Gasteiger partial charge in [-0.15, -0.1) is 0 Å². The van der Waals surface area contributed by atoms with Crippen molar-refractivity contribution in [3.05, 3.63) is 12.5 Å². The fraction of sp³-hybridized carbons (Fsp3) is 0.667. The van der Waals surface area contributed by atoms with Crippen LogP contribution in [0, 0.1) is 0 Å². The fourth-order valence-corrected chi connectivity index (χ4v) is 0.196. The molecule has 0 fully saturated rings. The summed E-state index contributed by atoms with van der Waals surface area (Å²) in [6.45, 7) is 4.64. The molecule has 0 saturated heterocycles. The molecule has 0 amide bonds. The van der Waals surface area contributed by atoms with Gasteiger partial charge in [-0.2, -0.15) is 0 Å². The lowest BCUT2D eigenvalue weighted by atomic mass is 10.6. The van der Waals surface area contributed by atoms with Crippen LogP contribution in [0.2, 0.25) is 0 Å². The van der Waals surface area contributed by atoms with E-state index < -0.39 is 0 Å². The van der Waals surface area contributed by atoms with E-state index in [0.717, 1.165) is 0 Å². The van der Waals surface area contributed by atoms with Gasteiger partial charge in [-0.1, -0.05) is 20.3 Å². The summed E-state index contributed by atoms with van der Waals surface area (Å²) in [6, 6.07) is 0. The number of hydrogen-bond acceptors (Lipinski definition) is 2.